The fourth-order valence-electron chi connectivity index (χ4n) is 4.87. The number of ether oxygens (including phenoxy) is 2. The molecule has 0 unspecified atom stereocenters. The van der Waals surface area contributed by atoms with Crippen LogP contribution in [0.25, 0.3) is 10.9 Å². The molecule has 0 fully saturated rings. The third kappa shape index (κ3) is 4.64. The summed E-state index contributed by atoms with van der Waals surface area (Å²) in [4.78, 5) is 30.7. The van der Waals surface area contributed by atoms with Gasteiger partial charge in [-0.1, -0.05) is 42.5 Å². The number of aromatic nitrogens is 1. The van der Waals surface area contributed by atoms with E-state index in [1.54, 1.807) is 14.0 Å². The summed E-state index contributed by atoms with van der Waals surface area (Å²) in [6.07, 6.45) is 0.967. The number of hydrogen-bond acceptors (Lipinski definition) is 4. The number of fused-ring (bicyclic) bond motifs is 3. The topological polar surface area (TPSA) is 83.7 Å². The summed E-state index contributed by atoms with van der Waals surface area (Å²) in [5, 5.41) is 4.23. The SMILES string of the molecule is CCOC(=O)Cc1ccc(NC(=O)N2CCc3c([nH]c4ccccc34)[C@@H]2c2ccc(OC)cc2)cc1. The number of anilines is 1. The first-order chi connectivity index (χ1) is 17.6. The molecule has 5 rings (SSSR count). The van der Waals surface area contributed by atoms with E-state index >= 15 is 0 Å². The Morgan fingerprint density at radius 2 is 1.78 bits per heavy atom. The lowest BCUT2D eigenvalue weighted by atomic mass is 9.92. The van der Waals surface area contributed by atoms with Gasteiger partial charge in [0.05, 0.1) is 26.2 Å². The molecule has 2 heterocycles. The summed E-state index contributed by atoms with van der Waals surface area (Å²) in [5.74, 6) is 0.504. The Hall–Kier alpha value is -4.26. The van der Waals surface area contributed by atoms with Crippen molar-refractivity contribution in [3.05, 3.63) is 95.2 Å². The van der Waals surface area contributed by atoms with Crippen molar-refractivity contribution in [3.63, 3.8) is 0 Å². The van der Waals surface area contributed by atoms with Crippen molar-refractivity contribution in [2.45, 2.75) is 25.8 Å². The number of urea groups is 1. The maximum absolute atomic E-state index is 13.5. The van der Waals surface area contributed by atoms with Crippen LogP contribution in [0.15, 0.2) is 72.8 Å². The molecule has 0 radical (unpaired) electrons. The van der Waals surface area contributed by atoms with E-state index in [0.717, 1.165) is 34.5 Å². The molecule has 0 spiro atoms. The molecule has 184 valence electrons. The standard InChI is InChI=1S/C29H29N3O4/c1-3-36-26(33)18-19-8-12-21(13-9-19)30-29(34)32-17-16-24-23-6-4-5-7-25(23)31-27(24)28(32)20-10-14-22(35-2)15-11-20/h4-15,28,31H,3,16-18H2,1-2H3,(H,30,34)/t28-/m0/s1. The Labute approximate surface area is 210 Å². The first kappa shape index (κ1) is 23.5. The maximum Gasteiger partial charge on any atom is 0.322 e. The van der Waals surface area contributed by atoms with Gasteiger partial charge in [-0.15, -0.1) is 0 Å². The van der Waals surface area contributed by atoms with Gasteiger partial charge >= 0.3 is 12.0 Å². The van der Waals surface area contributed by atoms with Gasteiger partial charge in [0, 0.05) is 28.8 Å². The third-order valence-electron chi connectivity index (χ3n) is 6.59. The first-order valence-electron chi connectivity index (χ1n) is 12.1. The number of methoxy groups -OCH3 is 1. The molecule has 2 amide bonds. The Balaban J connectivity index is 1.42. The van der Waals surface area contributed by atoms with Crippen molar-refractivity contribution in [2.24, 2.45) is 0 Å². The van der Waals surface area contributed by atoms with Gasteiger partial charge in [-0.2, -0.15) is 0 Å². The molecular formula is C29H29N3O4. The van der Waals surface area contributed by atoms with Crippen molar-refractivity contribution in [3.8, 4) is 5.75 Å². The van der Waals surface area contributed by atoms with E-state index in [1.807, 2.05) is 65.6 Å². The molecule has 2 N–H and O–H groups in total. The second kappa shape index (κ2) is 10.2. The summed E-state index contributed by atoms with van der Waals surface area (Å²) in [6.45, 7) is 2.73. The molecule has 1 aromatic heterocycles. The average molecular weight is 484 g/mol. The van der Waals surface area contributed by atoms with Gasteiger partial charge in [0.2, 0.25) is 0 Å². The summed E-state index contributed by atoms with van der Waals surface area (Å²) in [5.41, 5.74) is 5.86. The minimum Gasteiger partial charge on any atom is -0.497 e. The lowest BCUT2D eigenvalue weighted by Gasteiger charge is -2.36. The van der Waals surface area contributed by atoms with E-state index in [1.165, 1.54) is 10.9 Å². The zero-order valence-electron chi connectivity index (χ0n) is 20.4. The van der Waals surface area contributed by atoms with Crippen molar-refractivity contribution in [2.75, 3.05) is 25.6 Å². The molecular weight excluding hydrogens is 454 g/mol. The van der Waals surface area contributed by atoms with Crippen LogP contribution < -0.4 is 10.1 Å². The summed E-state index contributed by atoms with van der Waals surface area (Å²) in [7, 11) is 1.64. The van der Waals surface area contributed by atoms with Crippen LogP contribution in [0.5, 0.6) is 5.75 Å². The number of H-pyrrole nitrogens is 1. The fraction of sp³-hybridized carbons (Fsp3) is 0.241. The predicted octanol–water partition coefficient (Wildman–Crippen LogP) is 5.46. The quantitative estimate of drug-likeness (QED) is 0.357. The van der Waals surface area contributed by atoms with E-state index < -0.39 is 0 Å². The highest BCUT2D eigenvalue weighted by molar-refractivity contribution is 5.91. The number of hydrogen-bond donors (Lipinski definition) is 2. The molecule has 0 saturated heterocycles. The third-order valence-corrected chi connectivity index (χ3v) is 6.59. The zero-order chi connectivity index (χ0) is 25.1. The Bertz CT molecular complexity index is 1380. The summed E-state index contributed by atoms with van der Waals surface area (Å²) < 4.78 is 10.4. The minimum absolute atomic E-state index is 0.182. The molecule has 0 saturated carbocycles. The van der Waals surface area contributed by atoms with Crippen LogP contribution in [0, 0.1) is 0 Å². The van der Waals surface area contributed by atoms with Crippen LogP contribution in [-0.4, -0.2) is 42.1 Å². The predicted molar refractivity (Wildman–Crippen MR) is 139 cm³/mol. The zero-order valence-corrected chi connectivity index (χ0v) is 20.4. The molecule has 1 atom stereocenters. The van der Waals surface area contributed by atoms with E-state index in [2.05, 4.69) is 22.4 Å². The van der Waals surface area contributed by atoms with E-state index in [9.17, 15) is 9.59 Å². The lowest BCUT2D eigenvalue weighted by molar-refractivity contribution is -0.142. The average Bonchev–Trinajstić information content (AvgIpc) is 3.28. The van der Waals surface area contributed by atoms with Gasteiger partial charge < -0.3 is 24.7 Å². The normalized spacial score (nSPS) is 14.8. The molecule has 0 aliphatic carbocycles. The molecule has 7 nitrogen and oxygen atoms in total. The van der Waals surface area contributed by atoms with Gasteiger partial charge in [-0.3, -0.25) is 4.79 Å². The Morgan fingerprint density at radius 3 is 2.50 bits per heavy atom. The molecule has 0 bridgehead atoms. The number of aromatic amines is 1. The number of nitrogens with zero attached hydrogens (tertiary/aromatic N) is 1. The highest BCUT2D eigenvalue weighted by Crippen LogP contribution is 2.39. The van der Waals surface area contributed by atoms with E-state index in [-0.39, 0.29) is 24.5 Å². The van der Waals surface area contributed by atoms with Crippen LogP contribution in [-0.2, 0) is 22.4 Å². The second-order valence-electron chi connectivity index (χ2n) is 8.79. The highest BCUT2D eigenvalue weighted by atomic mass is 16.5. The van der Waals surface area contributed by atoms with Crippen LogP contribution in [0.3, 0.4) is 0 Å². The number of esters is 1. The largest absolute Gasteiger partial charge is 0.497 e. The molecule has 3 aromatic carbocycles. The van der Waals surface area contributed by atoms with Crippen LogP contribution in [0.1, 0.15) is 35.3 Å². The molecule has 7 heteroatoms. The van der Waals surface area contributed by atoms with Crippen molar-refractivity contribution in [1.82, 2.24) is 9.88 Å². The second-order valence-corrected chi connectivity index (χ2v) is 8.79. The number of para-hydroxylation sites is 1. The minimum atomic E-state index is -0.268. The van der Waals surface area contributed by atoms with E-state index in [4.69, 9.17) is 9.47 Å². The Kier molecular flexibility index (Phi) is 6.62. The van der Waals surface area contributed by atoms with Crippen LogP contribution >= 0.6 is 0 Å². The number of rotatable bonds is 6. The van der Waals surface area contributed by atoms with E-state index in [0.29, 0.717) is 18.8 Å². The fourth-order valence-corrected chi connectivity index (χ4v) is 4.87. The monoisotopic (exact) mass is 483 g/mol. The van der Waals surface area contributed by atoms with Gasteiger partial charge in [-0.05, 0) is 60.4 Å². The van der Waals surface area contributed by atoms with Crippen LogP contribution in [0.4, 0.5) is 10.5 Å². The molecule has 36 heavy (non-hydrogen) atoms. The first-order valence-corrected chi connectivity index (χ1v) is 12.1. The smallest absolute Gasteiger partial charge is 0.322 e. The maximum atomic E-state index is 13.5. The van der Waals surface area contributed by atoms with Gasteiger partial charge in [0.15, 0.2) is 0 Å². The van der Waals surface area contributed by atoms with Crippen molar-refractivity contribution in [1.29, 1.82) is 0 Å². The van der Waals surface area contributed by atoms with Gasteiger partial charge in [-0.25, -0.2) is 4.79 Å². The molecule has 4 aromatic rings. The Morgan fingerprint density at radius 1 is 1.03 bits per heavy atom. The van der Waals surface area contributed by atoms with Gasteiger partial charge in [0.1, 0.15) is 5.75 Å². The summed E-state index contributed by atoms with van der Waals surface area (Å²) in [6, 6.07) is 23.0. The number of carbonyl (C=O) groups excluding carboxylic acids is 2. The molecule has 1 aliphatic rings. The highest BCUT2D eigenvalue weighted by Gasteiger charge is 2.34. The van der Waals surface area contributed by atoms with Gasteiger partial charge in [0.25, 0.3) is 0 Å². The van der Waals surface area contributed by atoms with Crippen molar-refractivity contribution >= 4 is 28.6 Å². The number of benzene rings is 3. The molecule has 1 aliphatic heterocycles. The lowest BCUT2D eigenvalue weighted by Crippen LogP contribution is -2.43. The number of carbonyl (C=O) groups is 2. The van der Waals surface area contributed by atoms with Crippen molar-refractivity contribution < 1.29 is 19.1 Å². The van der Waals surface area contributed by atoms with Crippen LogP contribution in [0.2, 0.25) is 0 Å². The number of nitrogens with one attached hydrogen (secondary N) is 2. The summed E-state index contributed by atoms with van der Waals surface area (Å²) >= 11 is 0. The number of amides is 2.